The second-order valence-electron chi connectivity index (χ2n) is 4.50. The van der Waals surface area contributed by atoms with E-state index in [-0.39, 0.29) is 23.4 Å². The van der Waals surface area contributed by atoms with Crippen molar-refractivity contribution in [2.45, 2.75) is 19.4 Å². The van der Waals surface area contributed by atoms with Crippen LogP contribution in [0.2, 0.25) is 0 Å². The van der Waals surface area contributed by atoms with Crippen LogP contribution in [0.3, 0.4) is 0 Å². The molecule has 1 unspecified atom stereocenters. The van der Waals surface area contributed by atoms with Gasteiger partial charge in [-0.3, -0.25) is 10.1 Å². The number of aromatic nitrogens is 1. The van der Waals surface area contributed by atoms with E-state index in [4.69, 9.17) is 0 Å². The summed E-state index contributed by atoms with van der Waals surface area (Å²) in [6.07, 6.45) is 2.12. The average Bonchev–Trinajstić information content (AvgIpc) is 2.41. The van der Waals surface area contributed by atoms with E-state index in [0.29, 0.717) is 6.42 Å². The number of pyridine rings is 1. The summed E-state index contributed by atoms with van der Waals surface area (Å²) in [5, 5.41) is 13.9. The van der Waals surface area contributed by atoms with E-state index in [1.807, 2.05) is 6.92 Å². The van der Waals surface area contributed by atoms with Gasteiger partial charge >= 0.3 is 5.69 Å². The number of halogens is 1. The highest BCUT2D eigenvalue weighted by Gasteiger charge is 2.15. The topological polar surface area (TPSA) is 68.1 Å². The smallest absolute Gasteiger partial charge is 0.311 e. The van der Waals surface area contributed by atoms with E-state index in [1.54, 1.807) is 12.1 Å². The minimum atomic E-state index is -0.472. The third-order valence-electron chi connectivity index (χ3n) is 2.82. The van der Waals surface area contributed by atoms with Crippen LogP contribution >= 0.6 is 0 Å². The normalized spacial score (nSPS) is 11.9. The van der Waals surface area contributed by atoms with Gasteiger partial charge in [0, 0.05) is 18.3 Å². The minimum Gasteiger partial charge on any atom is -0.362 e. The van der Waals surface area contributed by atoms with Gasteiger partial charge in [-0.2, -0.15) is 0 Å². The Bertz CT molecular complexity index is 602. The number of hydrogen-bond donors (Lipinski definition) is 1. The lowest BCUT2D eigenvalue weighted by molar-refractivity contribution is -0.384. The second-order valence-corrected chi connectivity index (χ2v) is 4.50. The molecule has 0 amide bonds. The molecule has 2 aromatic rings. The lowest BCUT2D eigenvalue weighted by Crippen LogP contribution is -2.19. The molecule has 0 radical (unpaired) electrons. The van der Waals surface area contributed by atoms with Crippen molar-refractivity contribution in [1.29, 1.82) is 0 Å². The minimum absolute atomic E-state index is 0.0570. The number of nitrogens with one attached hydrogen (secondary N) is 1. The molecular formula is C14H14FN3O2. The maximum Gasteiger partial charge on any atom is 0.311 e. The lowest BCUT2D eigenvalue weighted by Gasteiger charge is -2.14. The van der Waals surface area contributed by atoms with E-state index in [1.165, 1.54) is 30.5 Å². The Morgan fingerprint density at radius 2 is 2.05 bits per heavy atom. The largest absolute Gasteiger partial charge is 0.362 e. The van der Waals surface area contributed by atoms with Gasteiger partial charge in [-0.1, -0.05) is 12.1 Å². The Labute approximate surface area is 115 Å². The molecule has 1 heterocycles. The van der Waals surface area contributed by atoms with Crippen molar-refractivity contribution in [1.82, 2.24) is 4.98 Å². The third kappa shape index (κ3) is 3.50. The zero-order valence-electron chi connectivity index (χ0n) is 10.9. The van der Waals surface area contributed by atoms with Crippen molar-refractivity contribution in [2.75, 3.05) is 5.32 Å². The molecule has 0 saturated heterocycles. The van der Waals surface area contributed by atoms with Gasteiger partial charge in [-0.05, 0) is 37.1 Å². The van der Waals surface area contributed by atoms with Gasteiger partial charge in [0.25, 0.3) is 0 Å². The molecule has 0 aliphatic rings. The first-order chi connectivity index (χ1) is 9.56. The van der Waals surface area contributed by atoms with E-state index < -0.39 is 4.92 Å². The molecule has 104 valence electrons. The monoisotopic (exact) mass is 275 g/mol. The Morgan fingerprint density at radius 1 is 1.35 bits per heavy atom. The molecule has 0 saturated carbocycles. The van der Waals surface area contributed by atoms with Crippen molar-refractivity contribution < 1.29 is 9.31 Å². The molecule has 0 bridgehead atoms. The maximum absolute atomic E-state index is 12.8. The van der Waals surface area contributed by atoms with Crippen molar-refractivity contribution in [2.24, 2.45) is 0 Å². The molecular weight excluding hydrogens is 261 g/mol. The average molecular weight is 275 g/mol. The van der Waals surface area contributed by atoms with Crippen molar-refractivity contribution in [3.05, 3.63) is 64.1 Å². The number of nitrogens with zero attached hydrogens (tertiary/aromatic N) is 2. The molecule has 0 aliphatic carbocycles. The first-order valence-corrected chi connectivity index (χ1v) is 6.16. The van der Waals surface area contributed by atoms with E-state index in [2.05, 4.69) is 10.3 Å². The van der Waals surface area contributed by atoms with Gasteiger partial charge in [0.05, 0.1) is 4.92 Å². The van der Waals surface area contributed by atoms with Crippen LogP contribution in [-0.2, 0) is 6.42 Å². The van der Waals surface area contributed by atoms with Gasteiger partial charge < -0.3 is 5.32 Å². The summed E-state index contributed by atoms with van der Waals surface area (Å²) >= 11 is 0. The zero-order valence-corrected chi connectivity index (χ0v) is 10.9. The van der Waals surface area contributed by atoms with Crippen LogP contribution < -0.4 is 5.32 Å². The van der Waals surface area contributed by atoms with Crippen molar-refractivity contribution in [3.8, 4) is 0 Å². The number of anilines is 1. The van der Waals surface area contributed by atoms with Crippen LogP contribution in [-0.4, -0.2) is 15.9 Å². The molecule has 5 nitrogen and oxygen atoms in total. The fraction of sp³-hybridized carbons (Fsp3) is 0.214. The fourth-order valence-corrected chi connectivity index (χ4v) is 1.91. The SMILES string of the molecule is CC(Cc1ccc(F)cc1)Nc1ncccc1[N+](=O)[O-]. The number of nitro groups is 1. The summed E-state index contributed by atoms with van der Waals surface area (Å²) in [7, 11) is 0. The molecule has 1 aromatic heterocycles. The van der Waals surface area contributed by atoms with E-state index in [0.717, 1.165) is 5.56 Å². The van der Waals surface area contributed by atoms with E-state index in [9.17, 15) is 14.5 Å². The van der Waals surface area contributed by atoms with Crippen LogP contribution in [0.5, 0.6) is 0 Å². The summed E-state index contributed by atoms with van der Waals surface area (Å²) < 4.78 is 12.8. The predicted molar refractivity (Wildman–Crippen MR) is 74.1 cm³/mol. The molecule has 0 aliphatic heterocycles. The molecule has 6 heteroatoms. The van der Waals surface area contributed by atoms with Crippen LogP contribution in [0.1, 0.15) is 12.5 Å². The summed E-state index contributed by atoms with van der Waals surface area (Å²) in [6.45, 7) is 1.89. The Morgan fingerprint density at radius 3 is 2.70 bits per heavy atom. The highest BCUT2D eigenvalue weighted by Crippen LogP contribution is 2.21. The standard InChI is InChI=1S/C14H14FN3O2/c1-10(9-11-4-6-12(15)7-5-11)17-14-13(18(19)20)3-2-8-16-14/h2-8,10H,9H2,1H3,(H,16,17). The second kappa shape index (κ2) is 6.10. The van der Waals surface area contributed by atoms with Gasteiger partial charge in [0.15, 0.2) is 0 Å². The van der Waals surface area contributed by atoms with Gasteiger partial charge in [0.2, 0.25) is 5.82 Å². The fourth-order valence-electron chi connectivity index (χ4n) is 1.91. The van der Waals surface area contributed by atoms with Crippen molar-refractivity contribution >= 4 is 11.5 Å². The zero-order chi connectivity index (χ0) is 14.5. The maximum atomic E-state index is 12.8. The van der Waals surface area contributed by atoms with Gasteiger partial charge in [0.1, 0.15) is 5.82 Å². The number of rotatable bonds is 5. The molecule has 0 spiro atoms. The van der Waals surface area contributed by atoms with Crippen LogP contribution in [0.4, 0.5) is 15.9 Å². The van der Waals surface area contributed by atoms with Gasteiger partial charge in [-0.15, -0.1) is 0 Å². The van der Waals surface area contributed by atoms with E-state index >= 15 is 0 Å². The summed E-state index contributed by atoms with van der Waals surface area (Å²) in [5.41, 5.74) is 0.892. The summed E-state index contributed by atoms with van der Waals surface area (Å²) in [5.74, 6) is -0.0400. The highest BCUT2D eigenvalue weighted by molar-refractivity contribution is 5.55. The molecule has 1 atom stereocenters. The van der Waals surface area contributed by atoms with Crippen molar-refractivity contribution in [3.63, 3.8) is 0 Å². The quantitative estimate of drug-likeness (QED) is 0.672. The molecule has 1 aromatic carbocycles. The van der Waals surface area contributed by atoms with Crippen LogP contribution in [0, 0.1) is 15.9 Å². The lowest BCUT2D eigenvalue weighted by atomic mass is 10.1. The molecule has 2 rings (SSSR count). The molecule has 0 fully saturated rings. The third-order valence-corrected chi connectivity index (χ3v) is 2.82. The Hall–Kier alpha value is -2.50. The Kier molecular flexibility index (Phi) is 4.24. The summed E-state index contributed by atoms with van der Waals surface area (Å²) in [6, 6.07) is 9.04. The number of benzene rings is 1. The number of hydrogen-bond acceptors (Lipinski definition) is 4. The first-order valence-electron chi connectivity index (χ1n) is 6.16. The predicted octanol–water partition coefficient (Wildman–Crippen LogP) is 3.17. The molecule has 1 N–H and O–H groups in total. The van der Waals surface area contributed by atoms with Crippen LogP contribution in [0.15, 0.2) is 42.6 Å². The van der Waals surface area contributed by atoms with Crippen LogP contribution in [0.25, 0.3) is 0 Å². The molecule has 20 heavy (non-hydrogen) atoms. The van der Waals surface area contributed by atoms with Gasteiger partial charge in [-0.25, -0.2) is 9.37 Å². The first kappa shape index (κ1) is 13.9. The summed E-state index contributed by atoms with van der Waals surface area (Å²) in [4.78, 5) is 14.4. The highest BCUT2D eigenvalue weighted by atomic mass is 19.1. The Balaban J connectivity index is 2.06.